The number of rotatable bonds is 2. The van der Waals surface area contributed by atoms with E-state index >= 15 is 0 Å². The van der Waals surface area contributed by atoms with E-state index in [2.05, 4.69) is 16.0 Å². The minimum Gasteiger partial charge on any atom is -0.385 e. The van der Waals surface area contributed by atoms with Crippen LogP contribution in [-0.2, 0) is 0 Å². The fraction of sp³-hybridized carbons (Fsp3) is 0.643. The van der Waals surface area contributed by atoms with Crippen LogP contribution in [0.3, 0.4) is 0 Å². The number of nitriles is 1. The number of aliphatic hydroxyl groups is 1. The zero-order valence-corrected chi connectivity index (χ0v) is 10.5. The van der Waals surface area contributed by atoms with Gasteiger partial charge < -0.3 is 5.11 Å². The van der Waals surface area contributed by atoms with Gasteiger partial charge in [-0.25, -0.2) is 9.97 Å². The maximum Gasteiger partial charge on any atom is 0.125 e. The minimum atomic E-state index is -0.778. The van der Waals surface area contributed by atoms with Crippen LogP contribution in [0, 0.1) is 35.5 Å². The number of aryl methyl sites for hydroxylation is 1. The lowest BCUT2D eigenvalue weighted by Gasteiger charge is -2.35. The molecule has 0 spiro atoms. The van der Waals surface area contributed by atoms with Crippen molar-refractivity contribution >= 4 is 0 Å². The van der Waals surface area contributed by atoms with E-state index in [1.54, 1.807) is 19.2 Å². The Balaban J connectivity index is 1.96. The molecule has 4 unspecified atom stereocenters. The van der Waals surface area contributed by atoms with Crippen LogP contribution in [0.5, 0.6) is 0 Å². The number of hydrogen-bond donors (Lipinski definition) is 1. The van der Waals surface area contributed by atoms with Crippen LogP contribution in [0.4, 0.5) is 0 Å². The summed E-state index contributed by atoms with van der Waals surface area (Å²) in [6.07, 6.45) is 5.06. The van der Waals surface area contributed by atoms with Gasteiger partial charge in [0.25, 0.3) is 0 Å². The third-order valence-electron chi connectivity index (χ3n) is 4.67. The van der Waals surface area contributed by atoms with Crippen LogP contribution < -0.4 is 0 Å². The fourth-order valence-electron chi connectivity index (χ4n) is 3.80. The van der Waals surface area contributed by atoms with Crippen molar-refractivity contribution in [1.82, 2.24) is 9.97 Å². The summed E-state index contributed by atoms with van der Waals surface area (Å²) in [4.78, 5) is 8.32. The van der Waals surface area contributed by atoms with Gasteiger partial charge in [0.05, 0.1) is 17.2 Å². The molecule has 18 heavy (non-hydrogen) atoms. The quantitative estimate of drug-likeness (QED) is 0.864. The van der Waals surface area contributed by atoms with Crippen LogP contribution in [0.25, 0.3) is 0 Å². The summed E-state index contributed by atoms with van der Waals surface area (Å²) < 4.78 is 0. The predicted molar refractivity (Wildman–Crippen MR) is 65.2 cm³/mol. The molecule has 2 saturated carbocycles. The van der Waals surface area contributed by atoms with Gasteiger partial charge in [0.1, 0.15) is 11.9 Å². The van der Waals surface area contributed by atoms with Crippen LogP contribution in [-0.4, -0.2) is 15.1 Å². The van der Waals surface area contributed by atoms with Crippen LogP contribution in [0.2, 0.25) is 0 Å². The molecule has 1 N–H and O–H groups in total. The van der Waals surface area contributed by atoms with Crippen molar-refractivity contribution in [2.75, 3.05) is 0 Å². The van der Waals surface area contributed by atoms with E-state index in [-0.39, 0.29) is 0 Å². The van der Waals surface area contributed by atoms with Gasteiger partial charge in [-0.1, -0.05) is 6.42 Å². The van der Waals surface area contributed by atoms with E-state index in [0.717, 1.165) is 19.3 Å². The number of aliphatic hydroxyl groups excluding tert-OH is 1. The van der Waals surface area contributed by atoms with Gasteiger partial charge in [0.15, 0.2) is 0 Å². The summed E-state index contributed by atoms with van der Waals surface area (Å²) in [5.74, 6) is 1.59. The summed E-state index contributed by atoms with van der Waals surface area (Å²) in [6.45, 7) is 1.80. The molecule has 0 aliphatic heterocycles. The summed E-state index contributed by atoms with van der Waals surface area (Å²) >= 11 is 0. The van der Waals surface area contributed by atoms with Crippen LogP contribution in [0.15, 0.2) is 12.3 Å². The Labute approximate surface area is 107 Å². The third-order valence-corrected chi connectivity index (χ3v) is 4.67. The van der Waals surface area contributed by atoms with Gasteiger partial charge in [-0.15, -0.1) is 0 Å². The second kappa shape index (κ2) is 4.03. The van der Waals surface area contributed by atoms with E-state index < -0.39 is 11.5 Å². The lowest BCUT2D eigenvalue weighted by Crippen LogP contribution is -2.33. The van der Waals surface area contributed by atoms with Crippen molar-refractivity contribution in [3.63, 3.8) is 0 Å². The van der Waals surface area contributed by atoms with Gasteiger partial charge in [0, 0.05) is 6.20 Å². The number of fused-ring (bicyclic) bond motifs is 2. The topological polar surface area (TPSA) is 69.8 Å². The first-order valence-electron chi connectivity index (χ1n) is 6.54. The Morgan fingerprint density at radius 3 is 2.94 bits per heavy atom. The lowest BCUT2D eigenvalue weighted by molar-refractivity contribution is 0.0200. The molecule has 0 aromatic carbocycles. The van der Waals surface area contributed by atoms with Crippen molar-refractivity contribution in [3.05, 3.63) is 23.8 Å². The molecule has 4 nitrogen and oxygen atoms in total. The Morgan fingerprint density at radius 1 is 1.56 bits per heavy atom. The molecular weight excluding hydrogens is 226 g/mol. The second-order valence-corrected chi connectivity index (χ2v) is 5.66. The number of nitrogens with zero attached hydrogens (tertiary/aromatic N) is 3. The highest BCUT2D eigenvalue weighted by molar-refractivity contribution is 5.21. The Hall–Kier alpha value is -1.47. The van der Waals surface area contributed by atoms with E-state index in [4.69, 9.17) is 0 Å². The number of aromatic nitrogens is 2. The zero-order valence-electron chi connectivity index (χ0n) is 10.5. The maximum atomic E-state index is 10.6. The first-order chi connectivity index (χ1) is 8.65. The lowest BCUT2D eigenvalue weighted by atomic mass is 9.69. The Bertz CT molecular complexity index is 510. The van der Waals surface area contributed by atoms with Gasteiger partial charge in [0.2, 0.25) is 0 Å². The first kappa shape index (κ1) is 11.6. The van der Waals surface area contributed by atoms with Crippen LogP contribution in [0.1, 0.15) is 43.3 Å². The van der Waals surface area contributed by atoms with Gasteiger partial charge in [-0.3, -0.25) is 0 Å². The summed E-state index contributed by atoms with van der Waals surface area (Å²) in [5, 5.41) is 20.2. The molecule has 2 aliphatic rings. The second-order valence-electron chi connectivity index (χ2n) is 5.66. The predicted octanol–water partition coefficient (Wildman–Crippen LogP) is 2.15. The van der Waals surface area contributed by atoms with E-state index in [1.807, 2.05) is 0 Å². The molecule has 3 rings (SSSR count). The third kappa shape index (κ3) is 1.54. The van der Waals surface area contributed by atoms with Gasteiger partial charge in [-0.2, -0.15) is 5.26 Å². The molecule has 2 aliphatic carbocycles. The van der Waals surface area contributed by atoms with Crippen molar-refractivity contribution < 1.29 is 5.11 Å². The normalized spacial score (nSPS) is 35.4. The molecule has 4 heteroatoms. The molecule has 2 fully saturated rings. The van der Waals surface area contributed by atoms with Gasteiger partial charge >= 0.3 is 0 Å². The molecule has 1 heterocycles. The molecule has 1 aromatic heterocycles. The minimum absolute atomic E-state index is 0.331. The monoisotopic (exact) mass is 243 g/mol. The van der Waals surface area contributed by atoms with Gasteiger partial charge in [-0.05, 0) is 44.1 Å². The maximum absolute atomic E-state index is 10.6. The molecule has 0 saturated heterocycles. The summed E-state index contributed by atoms with van der Waals surface area (Å²) in [6, 6.07) is 4.14. The van der Waals surface area contributed by atoms with E-state index in [0.29, 0.717) is 23.4 Å². The van der Waals surface area contributed by atoms with E-state index in [1.165, 1.54) is 6.42 Å². The fourth-order valence-corrected chi connectivity index (χ4v) is 3.80. The molecule has 94 valence electrons. The largest absolute Gasteiger partial charge is 0.385 e. The SMILES string of the molecule is Cc1nccc(C(O)C2(C#N)CC3CCC2C3)n1. The highest BCUT2D eigenvalue weighted by atomic mass is 16.3. The molecular formula is C14H17N3O. The molecule has 0 amide bonds. The standard InChI is InChI=1S/C14H17N3O/c1-9-16-5-4-12(17-9)13(18)14(8-15)7-10-2-3-11(14)6-10/h4-5,10-11,13,18H,2-3,6-7H2,1H3. The smallest absolute Gasteiger partial charge is 0.125 e. The Kier molecular flexibility index (Phi) is 2.60. The highest BCUT2D eigenvalue weighted by Gasteiger charge is 2.56. The Morgan fingerprint density at radius 2 is 2.39 bits per heavy atom. The summed E-state index contributed by atoms with van der Waals surface area (Å²) in [7, 11) is 0. The molecule has 0 radical (unpaired) electrons. The highest BCUT2D eigenvalue weighted by Crippen LogP contribution is 2.60. The molecule has 4 atom stereocenters. The van der Waals surface area contributed by atoms with Crippen molar-refractivity contribution in [3.8, 4) is 6.07 Å². The summed E-state index contributed by atoms with van der Waals surface area (Å²) in [5.41, 5.74) is -0.0272. The molecule has 1 aromatic rings. The van der Waals surface area contributed by atoms with Crippen molar-refractivity contribution in [2.45, 2.75) is 38.7 Å². The van der Waals surface area contributed by atoms with E-state index in [9.17, 15) is 10.4 Å². The van der Waals surface area contributed by atoms with Crippen molar-refractivity contribution in [2.24, 2.45) is 17.3 Å². The number of hydrogen-bond acceptors (Lipinski definition) is 4. The van der Waals surface area contributed by atoms with Crippen molar-refractivity contribution in [1.29, 1.82) is 5.26 Å². The zero-order chi connectivity index (χ0) is 12.8. The van der Waals surface area contributed by atoms with Crippen LogP contribution >= 0.6 is 0 Å². The average molecular weight is 243 g/mol. The first-order valence-corrected chi connectivity index (χ1v) is 6.54. The average Bonchev–Trinajstić information content (AvgIpc) is 2.98. The molecule has 2 bridgehead atoms.